The average molecular weight is 837 g/mol. The standard InChI is InChI=1S/C36H35BrFN9O7S/c1-19-17-20(11-12-24(19)44-36-41-18-22(37)32(46-36)43-26-10-6-8-23(38)30(26)31(39)49)55(53,54)42-16-4-2-3-15-40-25-9-5-7-21-29(25)35(52)47(34(21)51)27-13-14-28(48)45-33(27)50/h5-12,17-18,27,40,42H,2-4,13-16H2,1H3,(H2,39,49)(H,45,48,50)(H2,41,43,44,46). The third kappa shape index (κ3) is 8.48. The minimum absolute atomic E-state index is 0.0306. The summed E-state index contributed by atoms with van der Waals surface area (Å²) < 4.78 is 43.5. The van der Waals surface area contributed by atoms with Crippen molar-refractivity contribution in [2.24, 2.45) is 5.73 Å². The lowest BCUT2D eigenvalue weighted by Crippen LogP contribution is -2.54. The number of carbonyl (C=O) groups excluding carboxylic acids is 5. The molecule has 286 valence electrons. The molecular formula is C36H35BrFN9O7S. The molecule has 6 rings (SSSR count). The second-order valence-electron chi connectivity index (χ2n) is 12.7. The highest BCUT2D eigenvalue weighted by Gasteiger charge is 2.45. The summed E-state index contributed by atoms with van der Waals surface area (Å²) in [5.41, 5.74) is 7.07. The van der Waals surface area contributed by atoms with Crippen LogP contribution in [0.25, 0.3) is 0 Å². The molecule has 2 aliphatic heterocycles. The molecule has 0 saturated carbocycles. The summed E-state index contributed by atoms with van der Waals surface area (Å²) in [5, 5.41) is 11.3. The van der Waals surface area contributed by atoms with E-state index in [0.717, 1.165) is 11.0 Å². The maximum absolute atomic E-state index is 14.3. The first kappa shape index (κ1) is 38.9. The summed E-state index contributed by atoms with van der Waals surface area (Å²) in [6, 6.07) is 12.3. The Kier molecular flexibility index (Phi) is 11.5. The fourth-order valence-electron chi connectivity index (χ4n) is 6.19. The number of nitrogens with one attached hydrogen (secondary N) is 5. The van der Waals surface area contributed by atoms with Crippen molar-refractivity contribution < 1.29 is 36.8 Å². The summed E-state index contributed by atoms with van der Waals surface area (Å²) in [7, 11) is -3.84. The van der Waals surface area contributed by atoms with Crippen molar-refractivity contribution in [1.29, 1.82) is 0 Å². The summed E-state index contributed by atoms with van der Waals surface area (Å²) in [4.78, 5) is 71.7. The zero-order valence-corrected chi connectivity index (χ0v) is 31.6. The fraction of sp³-hybridized carbons (Fsp3) is 0.250. The number of carbonyl (C=O) groups is 5. The molecule has 0 bridgehead atoms. The second-order valence-corrected chi connectivity index (χ2v) is 15.3. The molecule has 55 heavy (non-hydrogen) atoms. The summed E-state index contributed by atoms with van der Waals surface area (Å²) in [6.45, 7) is 2.34. The normalized spacial score (nSPS) is 15.5. The van der Waals surface area contributed by atoms with Gasteiger partial charge in [-0.3, -0.25) is 34.2 Å². The molecule has 19 heteroatoms. The Morgan fingerprint density at radius 2 is 1.73 bits per heavy atom. The number of halogens is 2. The van der Waals surface area contributed by atoms with Crippen molar-refractivity contribution in [2.45, 2.75) is 50.0 Å². The van der Waals surface area contributed by atoms with E-state index < -0.39 is 51.4 Å². The van der Waals surface area contributed by atoms with Gasteiger partial charge in [0.1, 0.15) is 17.7 Å². The SMILES string of the molecule is Cc1cc(S(=O)(=O)NCCCCCNc2cccc3c2C(=O)N(C2CCC(=O)NC2=O)C3=O)ccc1Nc1ncc(Br)c(Nc2cccc(F)c2C(N)=O)n1. The molecule has 1 atom stereocenters. The number of aryl methyl sites for hydroxylation is 1. The van der Waals surface area contributed by atoms with Crippen LogP contribution < -0.4 is 31.7 Å². The molecule has 3 aromatic carbocycles. The Morgan fingerprint density at radius 3 is 2.47 bits per heavy atom. The third-order valence-electron chi connectivity index (χ3n) is 8.94. The quantitative estimate of drug-likeness (QED) is 0.0730. The number of benzene rings is 3. The summed E-state index contributed by atoms with van der Waals surface area (Å²) in [6.07, 6.45) is 3.35. The van der Waals surface area contributed by atoms with Crippen LogP contribution in [0.5, 0.6) is 0 Å². The molecule has 16 nitrogen and oxygen atoms in total. The van der Waals surface area contributed by atoms with Crippen molar-refractivity contribution >= 4 is 84.3 Å². The van der Waals surface area contributed by atoms with Crippen LogP contribution in [0.15, 0.2) is 70.2 Å². The fourth-order valence-corrected chi connectivity index (χ4v) is 7.64. The van der Waals surface area contributed by atoms with Crippen LogP contribution in [-0.2, 0) is 19.6 Å². The van der Waals surface area contributed by atoms with E-state index in [4.69, 9.17) is 5.73 Å². The Bertz CT molecular complexity index is 2340. The highest BCUT2D eigenvalue weighted by atomic mass is 79.9. The van der Waals surface area contributed by atoms with Gasteiger partial charge >= 0.3 is 0 Å². The predicted molar refractivity (Wildman–Crippen MR) is 203 cm³/mol. The van der Waals surface area contributed by atoms with Gasteiger partial charge in [0.25, 0.3) is 17.7 Å². The molecule has 2 aliphatic rings. The number of nitrogens with two attached hydrogens (primary N) is 1. The van der Waals surface area contributed by atoms with E-state index in [-0.39, 0.29) is 58.4 Å². The van der Waals surface area contributed by atoms with Gasteiger partial charge in [-0.05, 0) is 90.1 Å². The highest BCUT2D eigenvalue weighted by molar-refractivity contribution is 9.10. The Morgan fingerprint density at radius 1 is 0.982 bits per heavy atom. The minimum Gasteiger partial charge on any atom is -0.384 e. The zero-order chi connectivity index (χ0) is 39.4. The molecule has 5 amide bonds. The van der Waals surface area contributed by atoms with E-state index in [1.165, 1.54) is 36.5 Å². The Balaban J connectivity index is 0.988. The molecule has 4 aromatic rings. The number of imide groups is 2. The van der Waals surface area contributed by atoms with Crippen LogP contribution in [-0.4, -0.2) is 72.0 Å². The number of aromatic nitrogens is 2. The monoisotopic (exact) mass is 835 g/mol. The van der Waals surface area contributed by atoms with Gasteiger partial charge in [-0.1, -0.05) is 18.6 Å². The van der Waals surface area contributed by atoms with E-state index in [2.05, 4.69) is 51.9 Å². The van der Waals surface area contributed by atoms with Crippen molar-refractivity contribution in [2.75, 3.05) is 29.0 Å². The number of fused-ring (bicyclic) bond motifs is 1. The number of primary amides is 1. The summed E-state index contributed by atoms with van der Waals surface area (Å²) in [5.74, 6) is -3.69. The number of rotatable bonds is 15. The van der Waals surface area contributed by atoms with Crippen LogP contribution >= 0.6 is 15.9 Å². The lowest BCUT2D eigenvalue weighted by atomic mass is 10.0. The molecular weight excluding hydrogens is 801 g/mol. The minimum atomic E-state index is -3.84. The van der Waals surface area contributed by atoms with Gasteiger partial charge in [-0.25, -0.2) is 22.5 Å². The number of hydrogen-bond donors (Lipinski definition) is 6. The van der Waals surface area contributed by atoms with Gasteiger partial charge in [0, 0.05) is 37.1 Å². The van der Waals surface area contributed by atoms with Gasteiger partial charge < -0.3 is 21.7 Å². The maximum atomic E-state index is 14.3. The van der Waals surface area contributed by atoms with E-state index >= 15 is 0 Å². The van der Waals surface area contributed by atoms with Crippen molar-refractivity contribution in [1.82, 2.24) is 24.9 Å². The van der Waals surface area contributed by atoms with Crippen LogP contribution in [0.4, 0.5) is 33.2 Å². The average Bonchev–Trinajstić information content (AvgIpc) is 3.39. The largest absolute Gasteiger partial charge is 0.384 e. The van der Waals surface area contributed by atoms with Crippen LogP contribution in [0.2, 0.25) is 0 Å². The van der Waals surface area contributed by atoms with E-state index in [9.17, 15) is 36.8 Å². The molecule has 0 aliphatic carbocycles. The first-order valence-electron chi connectivity index (χ1n) is 17.1. The zero-order valence-electron chi connectivity index (χ0n) is 29.2. The number of unbranched alkanes of at least 4 members (excludes halogenated alkanes) is 2. The van der Waals surface area contributed by atoms with Gasteiger partial charge in [0.15, 0.2) is 0 Å². The number of amides is 5. The van der Waals surface area contributed by atoms with E-state index in [1.807, 2.05) is 0 Å². The van der Waals surface area contributed by atoms with Gasteiger partial charge in [0.05, 0.1) is 31.7 Å². The molecule has 1 unspecified atom stereocenters. The van der Waals surface area contributed by atoms with E-state index in [1.54, 1.807) is 25.1 Å². The summed E-state index contributed by atoms with van der Waals surface area (Å²) >= 11 is 3.33. The van der Waals surface area contributed by atoms with Crippen LogP contribution in [0.3, 0.4) is 0 Å². The van der Waals surface area contributed by atoms with Crippen molar-refractivity contribution in [3.63, 3.8) is 0 Å². The molecule has 3 heterocycles. The van der Waals surface area contributed by atoms with Crippen LogP contribution in [0.1, 0.15) is 68.7 Å². The third-order valence-corrected chi connectivity index (χ3v) is 11.0. The number of anilines is 5. The maximum Gasteiger partial charge on any atom is 0.264 e. The van der Waals surface area contributed by atoms with Gasteiger partial charge in [-0.15, -0.1) is 0 Å². The molecule has 1 saturated heterocycles. The molecule has 7 N–H and O–H groups in total. The van der Waals surface area contributed by atoms with Gasteiger partial charge in [-0.2, -0.15) is 4.98 Å². The number of sulfonamides is 1. The molecule has 1 aromatic heterocycles. The van der Waals surface area contributed by atoms with Gasteiger partial charge in [0.2, 0.25) is 27.8 Å². The van der Waals surface area contributed by atoms with E-state index in [0.29, 0.717) is 47.2 Å². The van der Waals surface area contributed by atoms with Crippen LogP contribution in [0, 0.1) is 12.7 Å². The first-order valence-corrected chi connectivity index (χ1v) is 19.4. The predicted octanol–water partition coefficient (Wildman–Crippen LogP) is 4.23. The molecule has 1 fully saturated rings. The number of nitrogens with zero attached hydrogens (tertiary/aromatic N) is 3. The van der Waals surface area contributed by atoms with Crippen molar-refractivity contribution in [3.05, 3.63) is 93.3 Å². The second kappa shape index (κ2) is 16.3. The first-order chi connectivity index (χ1) is 26.2. The smallest absolute Gasteiger partial charge is 0.264 e. The highest BCUT2D eigenvalue weighted by Crippen LogP contribution is 2.33. The lowest BCUT2D eigenvalue weighted by Gasteiger charge is -2.27. The topological polar surface area (TPSA) is 235 Å². The Hall–Kier alpha value is -5.79. The molecule has 0 radical (unpaired) electrons. The number of hydrogen-bond acceptors (Lipinski definition) is 12. The number of piperidine rings is 1. The molecule has 0 spiro atoms. The Labute approximate surface area is 323 Å². The van der Waals surface area contributed by atoms with Crippen molar-refractivity contribution in [3.8, 4) is 0 Å². The lowest BCUT2D eigenvalue weighted by molar-refractivity contribution is -0.136.